The van der Waals surface area contributed by atoms with Crippen molar-refractivity contribution in [1.29, 1.82) is 0 Å². The van der Waals surface area contributed by atoms with Gasteiger partial charge in [0, 0.05) is 23.9 Å². The lowest BCUT2D eigenvalue weighted by Crippen LogP contribution is -2.10. The van der Waals surface area contributed by atoms with E-state index in [1.54, 1.807) is 42.5 Å². The van der Waals surface area contributed by atoms with E-state index < -0.39 is 5.91 Å². The first-order valence-corrected chi connectivity index (χ1v) is 7.17. The largest absolute Gasteiger partial charge is 0.396 e. The number of carbonyl (C=O) groups is 2. The summed E-state index contributed by atoms with van der Waals surface area (Å²) >= 11 is 0. The van der Waals surface area contributed by atoms with Crippen LogP contribution in [0, 0.1) is 0 Å². The molecule has 0 aliphatic rings. The highest BCUT2D eigenvalue weighted by molar-refractivity contribution is 6.02. The maximum Gasteiger partial charge on any atom is 0.248 e. The number of anilines is 1. The third-order valence-electron chi connectivity index (χ3n) is 3.24. The highest BCUT2D eigenvalue weighted by atomic mass is 16.3. The Morgan fingerprint density at radius 1 is 1.04 bits per heavy atom. The molecule has 0 unspecified atom stereocenters. The summed E-state index contributed by atoms with van der Waals surface area (Å²) in [6, 6.07) is 14.0. The van der Waals surface area contributed by atoms with Crippen molar-refractivity contribution in [1.82, 2.24) is 0 Å². The Hall–Kier alpha value is -2.92. The van der Waals surface area contributed by atoms with Crippen molar-refractivity contribution in [2.24, 2.45) is 5.73 Å². The zero-order chi connectivity index (χ0) is 16.7. The first-order valence-electron chi connectivity index (χ1n) is 7.17. The van der Waals surface area contributed by atoms with E-state index >= 15 is 0 Å². The van der Waals surface area contributed by atoms with E-state index in [1.165, 1.54) is 6.08 Å². The molecule has 0 aromatic heterocycles. The topological polar surface area (TPSA) is 92.4 Å². The van der Waals surface area contributed by atoms with Crippen LogP contribution < -0.4 is 11.1 Å². The Morgan fingerprint density at radius 3 is 2.26 bits per heavy atom. The Balaban J connectivity index is 1.94. The minimum atomic E-state index is -0.483. The molecule has 5 nitrogen and oxygen atoms in total. The SMILES string of the molecule is NC(=O)c1ccc(/C=C/C(=O)Nc2ccc(CCO)cc2)cc1. The summed E-state index contributed by atoms with van der Waals surface area (Å²) < 4.78 is 0. The van der Waals surface area contributed by atoms with Gasteiger partial charge in [0.25, 0.3) is 0 Å². The number of aliphatic hydroxyl groups is 1. The second-order valence-electron chi connectivity index (χ2n) is 4.98. The average molecular weight is 310 g/mol. The summed E-state index contributed by atoms with van der Waals surface area (Å²) in [4.78, 5) is 22.8. The molecular weight excluding hydrogens is 292 g/mol. The molecule has 0 heterocycles. The highest BCUT2D eigenvalue weighted by Crippen LogP contribution is 2.11. The van der Waals surface area contributed by atoms with Gasteiger partial charge in [-0.2, -0.15) is 0 Å². The minimum Gasteiger partial charge on any atom is -0.396 e. The molecular formula is C18H18N2O3. The highest BCUT2D eigenvalue weighted by Gasteiger charge is 2.00. The smallest absolute Gasteiger partial charge is 0.248 e. The van der Waals surface area contributed by atoms with E-state index in [2.05, 4.69) is 5.32 Å². The van der Waals surface area contributed by atoms with Crippen molar-refractivity contribution in [3.8, 4) is 0 Å². The number of primary amides is 1. The molecule has 4 N–H and O–H groups in total. The van der Waals surface area contributed by atoms with Crippen LogP contribution in [0.15, 0.2) is 54.6 Å². The number of nitrogens with one attached hydrogen (secondary N) is 1. The van der Waals surface area contributed by atoms with Crippen LogP contribution in [0.4, 0.5) is 5.69 Å². The zero-order valence-corrected chi connectivity index (χ0v) is 12.5. The van der Waals surface area contributed by atoms with Gasteiger partial charge in [0.05, 0.1) is 0 Å². The monoisotopic (exact) mass is 310 g/mol. The van der Waals surface area contributed by atoms with Gasteiger partial charge >= 0.3 is 0 Å². The molecule has 2 rings (SSSR count). The predicted octanol–water partition coefficient (Wildman–Crippen LogP) is 1.97. The number of aliphatic hydroxyl groups excluding tert-OH is 1. The van der Waals surface area contributed by atoms with Gasteiger partial charge in [-0.05, 0) is 47.9 Å². The molecule has 0 spiro atoms. The van der Waals surface area contributed by atoms with E-state index in [0.29, 0.717) is 17.7 Å². The Kier molecular flexibility index (Phi) is 5.66. The lowest BCUT2D eigenvalue weighted by Gasteiger charge is -2.04. The molecule has 0 bridgehead atoms. The first kappa shape index (κ1) is 16.5. The van der Waals surface area contributed by atoms with Gasteiger partial charge in [0.15, 0.2) is 0 Å². The average Bonchev–Trinajstić information content (AvgIpc) is 2.55. The minimum absolute atomic E-state index is 0.100. The van der Waals surface area contributed by atoms with Crippen LogP contribution in [0.3, 0.4) is 0 Å². The Bertz CT molecular complexity index is 704. The summed E-state index contributed by atoms with van der Waals surface area (Å²) in [5, 5.41) is 11.6. The van der Waals surface area contributed by atoms with Crippen LogP contribution in [0.25, 0.3) is 6.08 Å². The maximum atomic E-state index is 11.9. The maximum absolute atomic E-state index is 11.9. The van der Waals surface area contributed by atoms with Gasteiger partial charge in [0.2, 0.25) is 11.8 Å². The summed E-state index contributed by atoms with van der Waals surface area (Å²) in [6.07, 6.45) is 3.66. The van der Waals surface area contributed by atoms with Crippen LogP contribution in [-0.4, -0.2) is 23.5 Å². The van der Waals surface area contributed by atoms with Crippen LogP contribution in [0.5, 0.6) is 0 Å². The van der Waals surface area contributed by atoms with Crippen molar-refractivity contribution < 1.29 is 14.7 Å². The molecule has 118 valence electrons. The van der Waals surface area contributed by atoms with E-state index in [9.17, 15) is 9.59 Å². The Labute approximate surface area is 134 Å². The molecule has 23 heavy (non-hydrogen) atoms. The summed E-state index contributed by atoms with van der Waals surface area (Å²) in [6.45, 7) is 0.100. The molecule has 0 aliphatic heterocycles. The summed E-state index contributed by atoms with van der Waals surface area (Å²) in [7, 11) is 0. The van der Waals surface area contributed by atoms with E-state index in [-0.39, 0.29) is 12.5 Å². The van der Waals surface area contributed by atoms with Gasteiger partial charge < -0.3 is 16.2 Å². The molecule has 0 aliphatic carbocycles. The number of rotatable bonds is 6. The zero-order valence-electron chi connectivity index (χ0n) is 12.5. The van der Waals surface area contributed by atoms with E-state index in [0.717, 1.165) is 11.1 Å². The molecule has 0 saturated heterocycles. The van der Waals surface area contributed by atoms with Crippen molar-refractivity contribution in [2.45, 2.75) is 6.42 Å². The standard InChI is InChI=1S/C18H18N2O3/c19-18(23)15-6-1-13(2-7-15)5-10-17(22)20-16-8-3-14(4-9-16)11-12-21/h1-10,21H,11-12H2,(H2,19,23)(H,20,22)/b10-5+. The van der Waals surface area contributed by atoms with Crippen molar-refractivity contribution in [2.75, 3.05) is 11.9 Å². The van der Waals surface area contributed by atoms with Crippen molar-refractivity contribution in [3.63, 3.8) is 0 Å². The van der Waals surface area contributed by atoms with Crippen LogP contribution >= 0.6 is 0 Å². The van der Waals surface area contributed by atoms with Gasteiger partial charge in [-0.25, -0.2) is 0 Å². The molecule has 5 heteroatoms. The fourth-order valence-corrected chi connectivity index (χ4v) is 2.00. The van der Waals surface area contributed by atoms with Crippen molar-refractivity contribution in [3.05, 3.63) is 71.3 Å². The fraction of sp³-hybridized carbons (Fsp3) is 0.111. The van der Waals surface area contributed by atoms with Gasteiger partial charge in [-0.3, -0.25) is 9.59 Å². The molecule has 0 fully saturated rings. The molecule has 0 radical (unpaired) electrons. The predicted molar refractivity (Wildman–Crippen MR) is 89.9 cm³/mol. The second kappa shape index (κ2) is 7.91. The van der Waals surface area contributed by atoms with E-state index in [1.807, 2.05) is 12.1 Å². The number of benzene rings is 2. The van der Waals surface area contributed by atoms with E-state index in [4.69, 9.17) is 10.8 Å². The lowest BCUT2D eigenvalue weighted by atomic mass is 10.1. The van der Waals surface area contributed by atoms with Crippen molar-refractivity contribution >= 4 is 23.6 Å². The van der Waals surface area contributed by atoms with Crippen LogP contribution in [0.2, 0.25) is 0 Å². The lowest BCUT2D eigenvalue weighted by molar-refractivity contribution is -0.111. The normalized spacial score (nSPS) is 10.7. The number of carbonyl (C=O) groups excluding carboxylic acids is 2. The quantitative estimate of drug-likeness (QED) is 0.712. The van der Waals surface area contributed by atoms with Gasteiger partial charge in [0.1, 0.15) is 0 Å². The molecule has 2 aromatic rings. The first-order chi connectivity index (χ1) is 11.1. The summed E-state index contributed by atoms with van der Waals surface area (Å²) in [5.41, 5.74) is 8.08. The number of amides is 2. The number of nitrogens with two attached hydrogens (primary N) is 1. The third kappa shape index (κ3) is 5.09. The molecule has 2 amide bonds. The van der Waals surface area contributed by atoms with Gasteiger partial charge in [-0.15, -0.1) is 0 Å². The van der Waals surface area contributed by atoms with Crippen LogP contribution in [-0.2, 0) is 11.2 Å². The Morgan fingerprint density at radius 2 is 1.70 bits per heavy atom. The molecule has 0 atom stereocenters. The summed E-state index contributed by atoms with van der Waals surface area (Å²) in [5.74, 6) is -0.734. The fourth-order valence-electron chi connectivity index (χ4n) is 2.00. The third-order valence-corrected chi connectivity index (χ3v) is 3.24. The second-order valence-corrected chi connectivity index (χ2v) is 4.98. The van der Waals surface area contributed by atoms with Gasteiger partial charge in [-0.1, -0.05) is 24.3 Å². The van der Waals surface area contributed by atoms with Crippen LogP contribution in [0.1, 0.15) is 21.5 Å². The molecule has 2 aromatic carbocycles. The molecule has 0 saturated carbocycles. The number of hydrogen-bond donors (Lipinski definition) is 3. The number of hydrogen-bond acceptors (Lipinski definition) is 3.